The van der Waals surface area contributed by atoms with Crippen molar-refractivity contribution < 1.29 is 18.7 Å². The quantitative estimate of drug-likeness (QED) is 0.328. The highest BCUT2D eigenvalue weighted by Gasteiger charge is 2.26. The van der Waals surface area contributed by atoms with Crippen LogP contribution in [0.5, 0.6) is 11.5 Å². The summed E-state index contributed by atoms with van der Waals surface area (Å²) in [7, 11) is 3.24. The third-order valence-electron chi connectivity index (χ3n) is 5.15. The second-order valence-electron chi connectivity index (χ2n) is 7.18. The van der Waals surface area contributed by atoms with E-state index in [1.54, 1.807) is 43.9 Å². The van der Waals surface area contributed by atoms with Crippen LogP contribution in [0.25, 0.3) is 0 Å². The largest absolute Gasteiger partial charge is 0.497 e. The first-order valence-electron chi connectivity index (χ1n) is 10.5. The molecule has 0 saturated heterocycles. The van der Waals surface area contributed by atoms with Crippen LogP contribution in [-0.2, 0) is 6.42 Å². The number of methoxy groups -OCH3 is 2. The van der Waals surface area contributed by atoms with E-state index in [1.165, 1.54) is 6.26 Å². The highest BCUT2D eigenvalue weighted by atomic mass is 32.1. The minimum atomic E-state index is -0.343. The number of rotatable bonds is 9. The number of nitrogens with zero attached hydrogens (tertiary/aromatic N) is 1. The van der Waals surface area contributed by atoms with Crippen LogP contribution in [0.15, 0.2) is 71.5 Å². The van der Waals surface area contributed by atoms with Crippen molar-refractivity contribution in [2.75, 3.05) is 24.9 Å². The summed E-state index contributed by atoms with van der Waals surface area (Å²) in [5.41, 5.74) is 1.80. The van der Waals surface area contributed by atoms with Crippen molar-refractivity contribution in [3.63, 3.8) is 0 Å². The predicted octanol–water partition coefficient (Wildman–Crippen LogP) is 5.77. The predicted molar refractivity (Wildman–Crippen MR) is 130 cm³/mol. The van der Waals surface area contributed by atoms with Gasteiger partial charge in [0.2, 0.25) is 0 Å². The number of aromatic nitrogens is 1. The van der Waals surface area contributed by atoms with E-state index < -0.39 is 0 Å². The first-order chi connectivity index (χ1) is 16.1. The summed E-state index contributed by atoms with van der Waals surface area (Å²) in [6.45, 7) is 2.09. The second kappa shape index (κ2) is 10.2. The van der Waals surface area contributed by atoms with Gasteiger partial charge in [-0.3, -0.25) is 4.79 Å². The maximum absolute atomic E-state index is 12.8. The minimum absolute atomic E-state index is 0.253. The molecule has 1 amide bonds. The molecule has 3 heterocycles. The lowest BCUT2D eigenvalue weighted by Crippen LogP contribution is -2.17. The number of aryl methyl sites for hydroxylation is 1. The monoisotopic (exact) mass is 463 g/mol. The fraction of sp³-hybridized carbons (Fsp3) is 0.200. The summed E-state index contributed by atoms with van der Waals surface area (Å²) in [6.07, 6.45) is 4.05. The van der Waals surface area contributed by atoms with Crippen molar-refractivity contribution in [2.45, 2.75) is 19.4 Å². The van der Waals surface area contributed by atoms with Gasteiger partial charge in [-0.2, -0.15) is 0 Å². The molecule has 0 saturated carbocycles. The number of hydrogen-bond acceptors (Lipinski definition) is 7. The summed E-state index contributed by atoms with van der Waals surface area (Å²) in [6, 6.07) is 16.5. The van der Waals surface area contributed by atoms with E-state index in [0.717, 1.165) is 27.4 Å². The highest BCUT2D eigenvalue weighted by Crippen LogP contribution is 2.41. The Bertz CT molecular complexity index is 1210. The van der Waals surface area contributed by atoms with Crippen LogP contribution >= 0.6 is 11.3 Å². The maximum Gasteiger partial charge on any atom is 0.291 e. The zero-order valence-corrected chi connectivity index (χ0v) is 19.4. The number of hydrogen-bond donors (Lipinski definition) is 2. The summed E-state index contributed by atoms with van der Waals surface area (Å²) in [4.78, 5) is 18.4. The molecule has 7 nitrogen and oxygen atoms in total. The Hall–Kier alpha value is -3.78. The van der Waals surface area contributed by atoms with Crippen LogP contribution < -0.4 is 20.1 Å². The molecular weight excluding hydrogens is 438 g/mol. The molecule has 1 aromatic carbocycles. The summed E-state index contributed by atoms with van der Waals surface area (Å²) in [5, 5.41) is 7.27. The van der Waals surface area contributed by atoms with Gasteiger partial charge in [0.15, 0.2) is 5.76 Å². The van der Waals surface area contributed by atoms with Gasteiger partial charge >= 0.3 is 0 Å². The van der Waals surface area contributed by atoms with E-state index in [4.69, 9.17) is 13.9 Å². The molecule has 0 aliphatic heterocycles. The van der Waals surface area contributed by atoms with Crippen molar-refractivity contribution in [3.05, 3.63) is 88.8 Å². The number of carbonyl (C=O) groups excluding carboxylic acids is 1. The number of anilines is 2. The molecule has 0 fully saturated rings. The van der Waals surface area contributed by atoms with E-state index in [9.17, 15) is 4.79 Å². The number of carbonyl (C=O) groups is 1. The number of amides is 1. The zero-order valence-electron chi connectivity index (χ0n) is 18.6. The zero-order chi connectivity index (χ0) is 23.2. The molecule has 3 aromatic heterocycles. The van der Waals surface area contributed by atoms with E-state index >= 15 is 0 Å². The van der Waals surface area contributed by atoms with Gasteiger partial charge in [0.05, 0.1) is 26.5 Å². The first kappa shape index (κ1) is 22.4. The van der Waals surface area contributed by atoms with Crippen molar-refractivity contribution in [3.8, 4) is 11.5 Å². The molecule has 4 rings (SSSR count). The van der Waals surface area contributed by atoms with Gasteiger partial charge in [-0.1, -0.05) is 13.0 Å². The number of nitrogens with one attached hydrogen (secondary N) is 2. The summed E-state index contributed by atoms with van der Waals surface area (Å²) in [5.74, 6) is 2.01. The molecule has 0 bridgehead atoms. The van der Waals surface area contributed by atoms with Gasteiger partial charge < -0.3 is 24.5 Å². The SMILES string of the molecule is CCc1cc(C(Nc2ccccn2)c2ccc(OC)cc2OC)c(NC(=O)c2ccco2)s1. The van der Waals surface area contributed by atoms with Crippen LogP contribution in [0.3, 0.4) is 0 Å². The topological polar surface area (TPSA) is 85.6 Å². The Kier molecular flexibility index (Phi) is 6.95. The Morgan fingerprint density at radius 2 is 1.97 bits per heavy atom. The fourth-order valence-electron chi connectivity index (χ4n) is 3.49. The van der Waals surface area contributed by atoms with Crippen LogP contribution in [0.1, 0.15) is 39.5 Å². The van der Waals surface area contributed by atoms with Gasteiger partial charge in [-0.15, -0.1) is 11.3 Å². The number of benzene rings is 1. The Morgan fingerprint density at radius 1 is 1.09 bits per heavy atom. The first-order valence-corrected chi connectivity index (χ1v) is 11.3. The van der Waals surface area contributed by atoms with Gasteiger partial charge in [-0.25, -0.2) is 4.98 Å². The minimum Gasteiger partial charge on any atom is -0.497 e. The van der Waals surface area contributed by atoms with Crippen molar-refractivity contribution in [2.24, 2.45) is 0 Å². The Labute approximate surface area is 196 Å². The normalized spacial score (nSPS) is 11.6. The lowest BCUT2D eigenvalue weighted by molar-refractivity contribution is 0.0997. The molecule has 0 spiro atoms. The third kappa shape index (κ3) is 5.01. The molecule has 0 radical (unpaired) electrons. The average molecular weight is 464 g/mol. The molecule has 4 aromatic rings. The number of ether oxygens (including phenoxy) is 2. The molecule has 1 atom stereocenters. The van der Waals surface area contributed by atoms with Gasteiger partial charge in [0.25, 0.3) is 5.91 Å². The van der Waals surface area contributed by atoms with Gasteiger partial charge in [0.1, 0.15) is 22.3 Å². The Balaban J connectivity index is 1.80. The van der Waals surface area contributed by atoms with E-state index in [2.05, 4.69) is 28.6 Å². The molecular formula is C25H25N3O4S. The van der Waals surface area contributed by atoms with Crippen molar-refractivity contribution in [1.29, 1.82) is 0 Å². The fourth-order valence-corrected chi connectivity index (χ4v) is 4.52. The molecule has 8 heteroatoms. The molecule has 1 unspecified atom stereocenters. The molecule has 170 valence electrons. The third-order valence-corrected chi connectivity index (χ3v) is 6.36. The molecule has 0 aliphatic rings. The van der Waals surface area contributed by atoms with E-state index in [-0.39, 0.29) is 17.7 Å². The molecule has 2 N–H and O–H groups in total. The van der Waals surface area contributed by atoms with Gasteiger partial charge in [0, 0.05) is 28.3 Å². The van der Waals surface area contributed by atoms with Crippen molar-refractivity contribution in [1.82, 2.24) is 4.98 Å². The second-order valence-corrected chi connectivity index (χ2v) is 8.32. The average Bonchev–Trinajstić information content (AvgIpc) is 3.53. The molecule has 0 aliphatic carbocycles. The maximum atomic E-state index is 12.8. The highest BCUT2D eigenvalue weighted by molar-refractivity contribution is 7.16. The van der Waals surface area contributed by atoms with Crippen LogP contribution in [0.2, 0.25) is 0 Å². The van der Waals surface area contributed by atoms with Crippen LogP contribution in [-0.4, -0.2) is 25.1 Å². The number of pyridine rings is 1. The summed E-state index contributed by atoms with van der Waals surface area (Å²) >= 11 is 1.54. The lowest BCUT2D eigenvalue weighted by atomic mass is 9.98. The van der Waals surface area contributed by atoms with E-state index in [1.807, 2.05) is 36.4 Å². The van der Waals surface area contributed by atoms with Crippen molar-refractivity contribution >= 4 is 28.1 Å². The standard InChI is InChI=1S/C25H25N3O4S/c1-4-17-15-19(25(33-17)28-24(29)20-8-7-13-32-20)23(27-22-9-5-6-12-26-22)18-11-10-16(30-2)14-21(18)31-3/h5-15,23H,4H2,1-3H3,(H,26,27)(H,28,29). The smallest absolute Gasteiger partial charge is 0.291 e. The van der Waals surface area contributed by atoms with Crippen LogP contribution in [0, 0.1) is 0 Å². The number of furan rings is 1. The summed E-state index contributed by atoms with van der Waals surface area (Å²) < 4.78 is 16.4. The van der Waals surface area contributed by atoms with E-state index in [0.29, 0.717) is 17.3 Å². The Morgan fingerprint density at radius 3 is 2.64 bits per heavy atom. The lowest BCUT2D eigenvalue weighted by Gasteiger charge is -2.23. The van der Waals surface area contributed by atoms with Crippen LogP contribution in [0.4, 0.5) is 10.8 Å². The molecule has 33 heavy (non-hydrogen) atoms. The number of thiophene rings is 1. The van der Waals surface area contributed by atoms with Gasteiger partial charge in [-0.05, 0) is 48.9 Å².